The number of anilines is 1. The van der Waals surface area contributed by atoms with E-state index in [1.807, 2.05) is 36.4 Å². The van der Waals surface area contributed by atoms with Gasteiger partial charge < -0.3 is 15.7 Å². The van der Waals surface area contributed by atoms with Crippen LogP contribution in [0.1, 0.15) is 5.56 Å². The van der Waals surface area contributed by atoms with Gasteiger partial charge in [-0.25, -0.2) is 9.59 Å². The highest BCUT2D eigenvalue weighted by atomic mass is 79.9. The number of urea groups is 1. The summed E-state index contributed by atoms with van der Waals surface area (Å²) >= 11 is 3.30. The first-order valence-corrected chi connectivity index (χ1v) is 7.44. The van der Waals surface area contributed by atoms with Crippen LogP contribution in [-0.4, -0.2) is 23.1 Å². The molecule has 2 aromatic carbocycles. The molecule has 0 fully saturated rings. The number of hydrogen-bond acceptors (Lipinski definition) is 2. The fraction of sp³-hybridized carbons (Fsp3) is 0.125. The van der Waals surface area contributed by atoms with Crippen LogP contribution in [0.25, 0.3) is 0 Å². The molecule has 0 aliphatic rings. The summed E-state index contributed by atoms with van der Waals surface area (Å²) in [4.78, 5) is 23.2. The van der Waals surface area contributed by atoms with Gasteiger partial charge in [0, 0.05) is 16.6 Å². The van der Waals surface area contributed by atoms with Gasteiger partial charge in [0.15, 0.2) is 0 Å². The molecule has 0 aliphatic carbocycles. The van der Waals surface area contributed by atoms with Crippen molar-refractivity contribution in [3.63, 3.8) is 0 Å². The second kappa shape index (κ2) is 7.61. The minimum atomic E-state index is -1.08. The van der Waals surface area contributed by atoms with Gasteiger partial charge in [-0.3, -0.25) is 0 Å². The molecule has 2 rings (SSSR count). The van der Waals surface area contributed by atoms with Crippen LogP contribution in [0.5, 0.6) is 0 Å². The minimum Gasteiger partial charge on any atom is -0.480 e. The molecule has 22 heavy (non-hydrogen) atoms. The Morgan fingerprint density at radius 3 is 2.45 bits per heavy atom. The van der Waals surface area contributed by atoms with Crippen LogP contribution in [0, 0.1) is 0 Å². The molecule has 0 bridgehead atoms. The number of hydrogen-bond donors (Lipinski definition) is 3. The maximum atomic E-state index is 11.9. The lowest BCUT2D eigenvalue weighted by molar-refractivity contribution is -0.139. The monoisotopic (exact) mass is 362 g/mol. The number of amides is 2. The zero-order valence-electron chi connectivity index (χ0n) is 11.6. The molecule has 0 saturated heterocycles. The summed E-state index contributed by atoms with van der Waals surface area (Å²) in [5.41, 5.74) is 1.42. The lowest BCUT2D eigenvalue weighted by Crippen LogP contribution is -2.44. The standard InChI is InChI=1S/C16H15BrN2O3/c17-12-7-4-8-13(10-12)18-16(22)19-14(15(20)21)9-11-5-2-1-3-6-11/h1-8,10,14H,9H2,(H,20,21)(H2,18,19,22)/t14-/m0/s1. The third-order valence-corrected chi connectivity index (χ3v) is 3.46. The maximum Gasteiger partial charge on any atom is 0.326 e. The lowest BCUT2D eigenvalue weighted by atomic mass is 10.1. The number of halogens is 1. The normalized spacial score (nSPS) is 11.5. The third kappa shape index (κ3) is 4.89. The van der Waals surface area contributed by atoms with E-state index in [-0.39, 0.29) is 6.42 Å². The van der Waals surface area contributed by atoms with E-state index in [2.05, 4.69) is 26.6 Å². The lowest BCUT2D eigenvalue weighted by Gasteiger charge is -2.15. The number of carbonyl (C=O) groups excluding carboxylic acids is 1. The van der Waals surface area contributed by atoms with Crippen LogP contribution < -0.4 is 10.6 Å². The van der Waals surface area contributed by atoms with Crippen LogP contribution in [0.15, 0.2) is 59.1 Å². The first-order valence-electron chi connectivity index (χ1n) is 6.64. The quantitative estimate of drug-likeness (QED) is 0.763. The van der Waals surface area contributed by atoms with Crippen LogP contribution in [0.3, 0.4) is 0 Å². The van der Waals surface area contributed by atoms with Gasteiger partial charge in [0.05, 0.1) is 0 Å². The molecule has 3 N–H and O–H groups in total. The number of aliphatic carboxylic acids is 1. The highest BCUT2D eigenvalue weighted by Gasteiger charge is 2.20. The van der Waals surface area contributed by atoms with Gasteiger partial charge in [0.2, 0.25) is 0 Å². The first kappa shape index (κ1) is 16.0. The smallest absolute Gasteiger partial charge is 0.326 e. The highest BCUT2D eigenvalue weighted by Crippen LogP contribution is 2.15. The Balaban J connectivity index is 1.98. The van der Waals surface area contributed by atoms with Crippen LogP contribution in [0.2, 0.25) is 0 Å². The predicted octanol–water partition coefficient (Wildman–Crippen LogP) is 3.27. The second-order valence-electron chi connectivity index (χ2n) is 4.69. The Morgan fingerprint density at radius 1 is 1.09 bits per heavy atom. The zero-order chi connectivity index (χ0) is 15.9. The molecule has 1 atom stereocenters. The molecule has 2 aromatic rings. The van der Waals surface area contributed by atoms with Crippen molar-refractivity contribution in [1.82, 2.24) is 5.32 Å². The molecule has 0 aliphatic heterocycles. The van der Waals surface area contributed by atoms with Crippen molar-refractivity contribution in [2.75, 3.05) is 5.32 Å². The van der Waals surface area contributed by atoms with Crippen molar-refractivity contribution in [3.8, 4) is 0 Å². The third-order valence-electron chi connectivity index (χ3n) is 2.97. The van der Waals surface area contributed by atoms with Crippen molar-refractivity contribution in [1.29, 1.82) is 0 Å². The van der Waals surface area contributed by atoms with E-state index in [0.29, 0.717) is 5.69 Å². The molecular weight excluding hydrogens is 348 g/mol. The van der Waals surface area contributed by atoms with E-state index in [0.717, 1.165) is 10.0 Å². The summed E-state index contributed by atoms with van der Waals surface area (Å²) in [5, 5.41) is 14.3. The molecule has 114 valence electrons. The Hall–Kier alpha value is -2.34. The van der Waals surface area contributed by atoms with E-state index in [4.69, 9.17) is 0 Å². The Kier molecular flexibility index (Phi) is 5.55. The minimum absolute atomic E-state index is 0.224. The molecule has 6 heteroatoms. The number of carboxylic acid groups (broad SMARTS) is 1. The topological polar surface area (TPSA) is 78.4 Å². The molecule has 2 amide bonds. The van der Waals surface area contributed by atoms with E-state index in [1.54, 1.807) is 18.2 Å². The van der Waals surface area contributed by atoms with Crippen molar-refractivity contribution in [2.24, 2.45) is 0 Å². The second-order valence-corrected chi connectivity index (χ2v) is 5.61. The van der Waals surface area contributed by atoms with Crippen molar-refractivity contribution >= 4 is 33.6 Å². The largest absolute Gasteiger partial charge is 0.480 e. The van der Waals surface area contributed by atoms with Gasteiger partial charge in [-0.2, -0.15) is 0 Å². The fourth-order valence-electron chi connectivity index (χ4n) is 1.94. The predicted molar refractivity (Wildman–Crippen MR) is 87.9 cm³/mol. The summed E-state index contributed by atoms with van der Waals surface area (Å²) in [6.07, 6.45) is 0.224. The van der Waals surface area contributed by atoms with Crippen LogP contribution >= 0.6 is 15.9 Å². The summed E-state index contributed by atoms with van der Waals surface area (Å²) in [7, 11) is 0. The van der Waals surface area contributed by atoms with Crippen LogP contribution in [-0.2, 0) is 11.2 Å². The maximum absolute atomic E-state index is 11.9. The molecule has 0 heterocycles. The number of rotatable bonds is 5. The van der Waals surface area contributed by atoms with Crippen molar-refractivity contribution in [3.05, 3.63) is 64.6 Å². The van der Waals surface area contributed by atoms with Gasteiger partial charge in [0.25, 0.3) is 0 Å². The zero-order valence-corrected chi connectivity index (χ0v) is 13.2. The van der Waals surface area contributed by atoms with Gasteiger partial charge in [0.1, 0.15) is 6.04 Å². The van der Waals surface area contributed by atoms with Gasteiger partial charge >= 0.3 is 12.0 Å². The van der Waals surface area contributed by atoms with Crippen LogP contribution in [0.4, 0.5) is 10.5 Å². The molecule has 5 nitrogen and oxygen atoms in total. The Labute approximate surface area is 136 Å². The number of carbonyl (C=O) groups is 2. The molecule has 0 radical (unpaired) electrons. The van der Waals surface area contributed by atoms with E-state index >= 15 is 0 Å². The van der Waals surface area contributed by atoms with Gasteiger partial charge in [-0.05, 0) is 23.8 Å². The van der Waals surface area contributed by atoms with Crippen molar-refractivity contribution in [2.45, 2.75) is 12.5 Å². The van der Waals surface area contributed by atoms with Gasteiger partial charge in [-0.15, -0.1) is 0 Å². The average Bonchev–Trinajstić information content (AvgIpc) is 2.47. The average molecular weight is 363 g/mol. The number of carboxylic acids is 1. The molecule has 0 aromatic heterocycles. The summed E-state index contributed by atoms with van der Waals surface area (Å²) in [6.45, 7) is 0. The summed E-state index contributed by atoms with van der Waals surface area (Å²) < 4.78 is 0.823. The van der Waals surface area contributed by atoms with E-state index in [9.17, 15) is 14.7 Å². The Morgan fingerprint density at radius 2 is 1.82 bits per heavy atom. The highest BCUT2D eigenvalue weighted by molar-refractivity contribution is 9.10. The molecule has 0 saturated carbocycles. The summed E-state index contributed by atoms with van der Waals surface area (Å²) in [5.74, 6) is -1.08. The van der Waals surface area contributed by atoms with E-state index in [1.165, 1.54) is 0 Å². The van der Waals surface area contributed by atoms with E-state index < -0.39 is 18.0 Å². The number of nitrogens with one attached hydrogen (secondary N) is 2. The Bertz CT molecular complexity index is 661. The van der Waals surface area contributed by atoms with Gasteiger partial charge in [-0.1, -0.05) is 52.3 Å². The molecule has 0 spiro atoms. The SMILES string of the molecule is O=C(Nc1cccc(Br)c1)N[C@@H](Cc1ccccc1)C(=O)O. The number of benzene rings is 2. The fourth-order valence-corrected chi connectivity index (χ4v) is 2.34. The molecule has 0 unspecified atom stereocenters. The van der Waals surface area contributed by atoms with Crippen molar-refractivity contribution < 1.29 is 14.7 Å². The molecular formula is C16H15BrN2O3. The first-order chi connectivity index (χ1) is 10.5. The summed E-state index contributed by atoms with van der Waals surface area (Å²) in [6, 6.07) is 14.7.